The fraction of sp³-hybridized carbons (Fsp3) is 0.200. The van der Waals surface area contributed by atoms with Gasteiger partial charge in [-0.05, 0) is 161 Å². The zero-order valence-electron chi connectivity index (χ0n) is 16.8. The number of benzene rings is 2. The predicted molar refractivity (Wildman–Crippen MR) is 186 cm³/mol. The molecule has 0 saturated heterocycles. The van der Waals surface area contributed by atoms with Crippen molar-refractivity contribution >= 4 is 200 Å². The van der Waals surface area contributed by atoms with Gasteiger partial charge >= 0.3 is 41.5 Å². The van der Waals surface area contributed by atoms with Gasteiger partial charge in [-0.3, -0.25) is 9.59 Å². The first-order valence-corrected chi connectivity index (χ1v) is 15.7. The van der Waals surface area contributed by atoms with E-state index in [9.17, 15) is 29.4 Å². The second-order valence-electron chi connectivity index (χ2n) is 6.72. The number of nitrogens with one attached hydrogen (secondary N) is 2. The maximum absolute atomic E-state index is 12.4. The van der Waals surface area contributed by atoms with Gasteiger partial charge in [0.1, 0.15) is 0 Å². The predicted octanol–water partition coefficient (Wildman–Crippen LogP) is 6.20. The molecule has 0 aromatic heterocycles. The summed E-state index contributed by atoms with van der Waals surface area (Å²) in [4.78, 5) is 47.9. The summed E-state index contributed by atoms with van der Waals surface area (Å²) >= 11 is 11.9. The summed E-state index contributed by atoms with van der Waals surface area (Å²) in [5.74, 6) is -2.64. The standard InChI is InChI=1S/C20H14I6N2O6.Na.H/c21-7-5-9(23)17(15(25)13(7)19(31)32)27-11(29)3-1-2-4-12(30)28-18-10(24)6-8(22)14(16(18)26)20(33)34;;/h5-6H,1-4H2,(H,27,29)(H,28,30)(H,31,32)(H,33,34);;. The number of amides is 2. The Morgan fingerprint density at radius 2 is 0.943 bits per heavy atom. The Bertz CT molecular complexity index is 1100. The van der Waals surface area contributed by atoms with Gasteiger partial charge in [-0.15, -0.1) is 0 Å². The van der Waals surface area contributed by atoms with Crippen LogP contribution in [0, 0.1) is 21.4 Å². The molecule has 2 aromatic rings. The number of rotatable bonds is 9. The first kappa shape index (κ1) is 34.7. The molecule has 2 aromatic carbocycles. The molecule has 2 rings (SSSR count). The average molecular weight is 1160 g/mol. The van der Waals surface area contributed by atoms with E-state index in [2.05, 4.69) is 55.8 Å². The molecule has 0 atom stereocenters. The van der Waals surface area contributed by atoms with Crippen LogP contribution in [0.4, 0.5) is 11.4 Å². The monoisotopic (exact) mass is 1160 g/mol. The van der Waals surface area contributed by atoms with E-state index < -0.39 is 11.9 Å². The van der Waals surface area contributed by atoms with E-state index in [4.69, 9.17) is 0 Å². The third kappa shape index (κ3) is 9.69. The molecule has 0 radical (unpaired) electrons. The fourth-order valence-corrected chi connectivity index (χ4v) is 11.0. The Balaban J connectivity index is 0.00000612. The van der Waals surface area contributed by atoms with Crippen LogP contribution in [0.3, 0.4) is 0 Å². The minimum atomic E-state index is -1.06. The number of halogens is 6. The number of unbranched alkanes of at least 4 members (excludes halogenated alkanes) is 1. The van der Waals surface area contributed by atoms with E-state index in [1.165, 1.54) is 0 Å². The third-order valence-electron chi connectivity index (χ3n) is 4.35. The molecule has 15 heteroatoms. The van der Waals surface area contributed by atoms with Crippen molar-refractivity contribution in [3.63, 3.8) is 0 Å². The Hall–Kier alpha value is 1.70. The quantitative estimate of drug-likeness (QED) is 0.135. The van der Waals surface area contributed by atoms with Crippen LogP contribution in [-0.4, -0.2) is 63.5 Å². The summed E-state index contributed by atoms with van der Waals surface area (Å²) in [5, 5.41) is 24.4. The third-order valence-corrected chi connectivity index (χ3v) is 9.92. The number of hydrogen-bond donors (Lipinski definition) is 4. The summed E-state index contributed by atoms with van der Waals surface area (Å²) in [6.07, 6.45) is 1.28. The van der Waals surface area contributed by atoms with Crippen LogP contribution in [0.1, 0.15) is 46.4 Å². The van der Waals surface area contributed by atoms with Gasteiger partial charge in [0.15, 0.2) is 0 Å². The van der Waals surface area contributed by atoms with Gasteiger partial charge in [0.05, 0.1) is 29.6 Å². The number of carboxylic acid groups (broad SMARTS) is 2. The number of hydrogen-bond acceptors (Lipinski definition) is 4. The van der Waals surface area contributed by atoms with Crippen LogP contribution in [0.25, 0.3) is 0 Å². The van der Waals surface area contributed by atoms with Gasteiger partial charge in [0, 0.05) is 27.1 Å². The minimum absolute atomic E-state index is 0. The summed E-state index contributed by atoms with van der Waals surface area (Å²) in [7, 11) is 0. The summed E-state index contributed by atoms with van der Waals surface area (Å²) in [6, 6.07) is 3.41. The van der Waals surface area contributed by atoms with Gasteiger partial charge in [-0.25, -0.2) is 9.59 Å². The molecular weight excluding hydrogens is 1150 g/mol. The summed E-state index contributed by atoms with van der Waals surface area (Å²) in [5.41, 5.74) is 1.25. The van der Waals surface area contributed by atoms with Crippen molar-refractivity contribution in [2.24, 2.45) is 0 Å². The molecule has 35 heavy (non-hydrogen) atoms. The molecule has 0 unspecified atom stereocenters. The first-order chi connectivity index (χ1) is 15.8. The van der Waals surface area contributed by atoms with Crippen molar-refractivity contribution in [2.75, 3.05) is 10.6 Å². The Morgan fingerprint density at radius 3 is 1.23 bits per heavy atom. The van der Waals surface area contributed by atoms with Crippen LogP contribution in [0.5, 0.6) is 0 Å². The normalized spacial score (nSPS) is 10.3. The van der Waals surface area contributed by atoms with E-state index in [-0.39, 0.29) is 65.3 Å². The van der Waals surface area contributed by atoms with Gasteiger partial charge in [0.25, 0.3) is 0 Å². The summed E-state index contributed by atoms with van der Waals surface area (Å²) in [6.45, 7) is 0. The first-order valence-electron chi connectivity index (χ1n) is 9.26. The van der Waals surface area contributed by atoms with Crippen molar-refractivity contribution in [2.45, 2.75) is 25.7 Å². The number of carboxylic acids is 2. The molecule has 0 bridgehead atoms. The van der Waals surface area contributed by atoms with Gasteiger partial charge in [-0.1, -0.05) is 0 Å². The van der Waals surface area contributed by atoms with Gasteiger partial charge < -0.3 is 20.8 Å². The number of carbonyl (C=O) groups is 4. The molecule has 0 heterocycles. The molecule has 0 spiro atoms. The molecule has 0 fully saturated rings. The molecule has 2 amide bonds. The number of aromatic carboxylic acids is 2. The van der Waals surface area contributed by atoms with Crippen LogP contribution in [0.2, 0.25) is 0 Å². The molecule has 0 aliphatic rings. The molecule has 0 aliphatic heterocycles. The Labute approximate surface area is 305 Å². The Morgan fingerprint density at radius 1 is 0.629 bits per heavy atom. The molecule has 184 valence electrons. The van der Waals surface area contributed by atoms with Crippen molar-refractivity contribution in [1.29, 1.82) is 0 Å². The molecule has 0 saturated carbocycles. The van der Waals surface area contributed by atoms with E-state index >= 15 is 0 Å². The summed E-state index contributed by atoms with van der Waals surface area (Å²) < 4.78 is 3.61. The fourth-order valence-electron chi connectivity index (χ4n) is 2.78. The zero-order chi connectivity index (χ0) is 25.7. The van der Waals surface area contributed by atoms with Gasteiger partial charge in [0.2, 0.25) is 11.8 Å². The molecule has 4 N–H and O–H groups in total. The van der Waals surface area contributed by atoms with Crippen LogP contribution >= 0.6 is 136 Å². The van der Waals surface area contributed by atoms with Crippen LogP contribution < -0.4 is 10.6 Å². The molecule has 0 aliphatic carbocycles. The Kier molecular flexibility index (Phi) is 16.0. The van der Waals surface area contributed by atoms with E-state index in [0.717, 1.165) is 7.14 Å². The van der Waals surface area contributed by atoms with Crippen molar-refractivity contribution in [1.82, 2.24) is 0 Å². The van der Waals surface area contributed by atoms with E-state index in [1.807, 2.05) is 90.4 Å². The second-order valence-corrected chi connectivity index (χ2v) is 13.5. The van der Waals surface area contributed by atoms with Crippen molar-refractivity contribution in [3.8, 4) is 0 Å². The SMILES string of the molecule is O=C(CCCCC(=O)Nc1c(I)cc(I)c(C(=O)O)c1I)Nc1c(I)cc(I)c(C(=O)O)c1I.[NaH]. The van der Waals surface area contributed by atoms with E-state index in [1.54, 1.807) is 12.1 Å². The maximum atomic E-state index is 12.4. The van der Waals surface area contributed by atoms with Crippen molar-refractivity contribution < 1.29 is 29.4 Å². The molecular formula is C20H15I6N2NaO6. The number of carbonyl (C=O) groups excluding carboxylic acids is 2. The topological polar surface area (TPSA) is 133 Å². The average Bonchev–Trinajstić information content (AvgIpc) is 2.70. The number of anilines is 2. The van der Waals surface area contributed by atoms with Gasteiger partial charge in [-0.2, -0.15) is 0 Å². The van der Waals surface area contributed by atoms with E-state index in [0.29, 0.717) is 38.5 Å². The second kappa shape index (κ2) is 16.1. The molecule has 8 nitrogen and oxygen atoms in total. The zero-order valence-corrected chi connectivity index (χ0v) is 29.7. The van der Waals surface area contributed by atoms with Crippen LogP contribution in [-0.2, 0) is 9.59 Å². The van der Waals surface area contributed by atoms with Crippen molar-refractivity contribution in [3.05, 3.63) is 44.7 Å². The van der Waals surface area contributed by atoms with Crippen LogP contribution in [0.15, 0.2) is 12.1 Å².